The van der Waals surface area contributed by atoms with E-state index in [-0.39, 0.29) is 18.2 Å². The average molecular weight is 214 g/mol. The second-order valence-electron chi connectivity index (χ2n) is 4.02. The van der Waals surface area contributed by atoms with Crippen LogP contribution in [0, 0.1) is 0 Å². The molecule has 0 spiro atoms. The monoisotopic (exact) mass is 214 g/mol. The van der Waals surface area contributed by atoms with Gasteiger partial charge in [0.05, 0.1) is 6.61 Å². The molecule has 0 saturated carbocycles. The molecule has 0 aliphatic carbocycles. The fraction of sp³-hybridized carbons (Fsp3) is 0.818. The Morgan fingerprint density at radius 3 is 2.67 bits per heavy atom. The van der Waals surface area contributed by atoms with Gasteiger partial charge in [0, 0.05) is 6.42 Å². The van der Waals surface area contributed by atoms with Crippen LogP contribution in [0.25, 0.3) is 0 Å². The predicted octanol–water partition coefficient (Wildman–Crippen LogP) is 1.47. The van der Waals surface area contributed by atoms with Crippen LogP contribution in [0.2, 0.25) is 0 Å². The number of hydrogen-bond donors (Lipinski definition) is 0. The normalized spacial score (nSPS) is 25.1. The van der Waals surface area contributed by atoms with Gasteiger partial charge in [-0.25, -0.2) is 0 Å². The summed E-state index contributed by atoms with van der Waals surface area (Å²) in [7, 11) is 0. The van der Waals surface area contributed by atoms with Gasteiger partial charge >= 0.3 is 0 Å². The van der Waals surface area contributed by atoms with Crippen molar-refractivity contribution in [2.75, 3.05) is 13.2 Å². The fourth-order valence-corrected chi connectivity index (χ4v) is 1.38. The van der Waals surface area contributed by atoms with E-state index in [0.717, 1.165) is 19.3 Å². The largest absolute Gasteiger partial charge is 0.344 e. The lowest BCUT2D eigenvalue weighted by Crippen LogP contribution is -2.54. The number of unbranched alkanes of at least 4 members (excludes halogenated alkanes) is 2. The maximum Gasteiger partial charge on any atom is 0.228 e. The number of ketones is 2. The molecule has 1 heterocycles. The summed E-state index contributed by atoms with van der Waals surface area (Å²) in [5, 5.41) is 0. The number of hydrogen-bond acceptors (Lipinski definition) is 4. The van der Waals surface area contributed by atoms with Crippen molar-refractivity contribution < 1.29 is 19.1 Å². The van der Waals surface area contributed by atoms with E-state index in [0.29, 0.717) is 13.0 Å². The Morgan fingerprint density at radius 1 is 1.47 bits per heavy atom. The number of Topliss-reactive ketones (excluding diaryl/α,β-unsaturated/α-hetero) is 2. The topological polar surface area (TPSA) is 52.6 Å². The number of carbonyl (C=O) groups excluding carboxylic acids is 2. The van der Waals surface area contributed by atoms with Crippen LogP contribution in [0.5, 0.6) is 0 Å². The van der Waals surface area contributed by atoms with E-state index < -0.39 is 5.79 Å². The Morgan fingerprint density at radius 2 is 2.20 bits per heavy atom. The Hall–Kier alpha value is -0.740. The zero-order chi connectivity index (χ0) is 11.3. The van der Waals surface area contributed by atoms with Gasteiger partial charge in [0.25, 0.3) is 0 Å². The molecule has 0 aromatic rings. The highest BCUT2D eigenvalue weighted by molar-refractivity contribution is 5.90. The molecule has 1 aliphatic heterocycles. The first kappa shape index (κ1) is 12.3. The van der Waals surface area contributed by atoms with Crippen molar-refractivity contribution in [2.24, 2.45) is 0 Å². The molecule has 0 radical (unpaired) electrons. The van der Waals surface area contributed by atoms with Crippen molar-refractivity contribution >= 4 is 11.6 Å². The van der Waals surface area contributed by atoms with E-state index in [1.54, 1.807) is 13.8 Å². The number of ether oxygens (including phenoxy) is 2. The van der Waals surface area contributed by atoms with Crippen LogP contribution < -0.4 is 0 Å². The van der Waals surface area contributed by atoms with Gasteiger partial charge in [-0.15, -0.1) is 0 Å². The quantitative estimate of drug-likeness (QED) is 0.602. The highest BCUT2D eigenvalue weighted by Crippen LogP contribution is 2.23. The zero-order valence-corrected chi connectivity index (χ0v) is 9.38. The summed E-state index contributed by atoms with van der Waals surface area (Å²) in [5.74, 6) is -0.757. The van der Waals surface area contributed by atoms with Crippen molar-refractivity contribution in [3.8, 4) is 0 Å². The molecule has 1 atom stereocenters. The first-order chi connectivity index (χ1) is 7.04. The first-order valence-electron chi connectivity index (χ1n) is 5.35. The molecule has 1 fully saturated rings. The molecule has 15 heavy (non-hydrogen) atoms. The third kappa shape index (κ3) is 3.72. The Bertz CT molecular complexity index is 249. The second kappa shape index (κ2) is 5.37. The molecule has 4 heteroatoms. The minimum atomic E-state index is -0.986. The molecule has 0 N–H and O–H groups in total. The molecule has 1 rings (SSSR count). The molecule has 4 nitrogen and oxygen atoms in total. The lowest BCUT2D eigenvalue weighted by Gasteiger charge is -2.35. The lowest BCUT2D eigenvalue weighted by atomic mass is 10.1. The summed E-state index contributed by atoms with van der Waals surface area (Å²) >= 11 is 0. The standard InChI is InChI=1S/C11H18O4/c1-9(12)6-4-3-5-7-14-11(2)10(13)8-15-11/h3-8H2,1-2H3. The number of carbonyl (C=O) groups is 2. The van der Waals surface area contributed by atoms with E-state index in [1.165, 1.54) is 0 Å². The third-order valence-corrected chi connectivity index (χ3v) is 2.54. The van der Waals surface area contributed by atoms with Gasteiger partial charge in [-0.05, 0) is 26.7 Å². The summed E-state index contributed by atoms with van der Waals surface area (Å²) in [6, 6.07) is 0. The van der Waals surface area contributed by atoms with Crippen LogP contribution in [0.15, 0.2) is 0 Å². The van der Waals surface area contributed by atoms with Crippen molar-refractivity contribution in [1.82, 2.24) is 0 Å². The molecule has 0 amide bonds. The van der Waals surface area contributed by atoms with Crippen LogP contribution >= 0.6 is 0 Å². The fourth-order valence-electron chi connectivity index (χ4n) is 1.38. The molecular weight excluding hydrogens is 196 g/mol. The minimum Gasteiger partial charge on any atom is -0.344 e. The van der Waals surface area contributed by atoms with Crippen molar-refractivity contribution in [3.05, 3.63) is 0 Å². The van der Waals surface area contributed by atoms with Crippen LogP contribution in [0.3, 0.4) is 0 Å². The minimum absolute atomic E-state index is 0.00577. The summed E-state index contributed by atoms with van der Waals surface area (Å²) < 4.78 is 10.4. The van der Waals surface area contributed by atoms with Crippen molar-refractivity contribution in [1.29, 1.82) is 0 Å². The molecule has 86 valence electrons. The maximum atomic E-state index is 11.1. The van der Waals surface area contributed by atoms with Crippen LogP contribution in [-0.2, 0) is 19.1 Å². The Labute approximate surface area is 89.9 Å². The highest BCUT2D eigenvalue weighted by atomic mass is 16.7. The van der Waals surface area contributed by atoms with Gasteiger partial charge in [0.2, 0.25) is 11.6 Å². The van der Waals surface area contributed by atoms with Crippen LogP contribution in [-0.4, -0.2) is 30.6 Å². The van der Waals surface area contributed by atoms with Gasteiger partial charge in [-0.3, -0.25) is 4.79 Å². The van der Waals surface area contributed by atoms with Crippen LogP contribution in [0.4, 0.5) is 0 Å². The SMILES string of the molecule is CC(=O)CCCCCOC1(C)OCC1=O. The van der Waals surface area contributed by atoms with Gasteiger partial charge < -0.3 is 14.3 Å². The Balaban J connectivity index is 1.97. The summed E-state index contributed by atoms with van der Waals surface area (Å²) in [5.41, 5.74) is 0. The molecule has 1 aliphatic rings. The van der Waals surface area contributed by atoms with E-state index in [4.69, 9.17) is 9.47 Å². The first-order valence-corrected chi connectivity index (χ1v) is 5.35. The van der Waals surface area contributed by atoms with Gasteiger partial charge in [-0.2, -0.15) is 0 Å². The molecule has 0 aromatic carbocycles. The van der Waals surface area contributed by atoms with E-state index in [1.807, 2.05) is 0 Å². The van der Waals surface area contributed by atoms with Gasteiger partial charge in [0.1, 0.15) is 12.4 Å². The molecular formula is C11H18O4. The maximum absolute atomic E-state index is 11.1. The highest BCUT2D eigenvalue weighted by Gasteiger charge is 2.44. The summed E-state index contributed by atoms with van der Waals surface area (Å²) in [4.78, 5) is 21.7. The van der Waals surface area contributed by atoms with Crippen LogP contribution in [0.1, 0.15) is 39.5 Å². The summed E-state index contributed by atoms with van der Waals surface area (Å²) in [6.45, 7) is 3.92. The molecule has 1 unspecified atom stereocenters. The summed E-state index contributed by atoms with van der Waals surface area (Å²) in [6.07, 6.45) is 3.33. The molecule has 0 aromatic heterocycles. The smallest absolute Gasteiger partial charge is 0.228 e. The second-order valence-corrected chi connectivity index (χ2v) is 4.02. The van der Waals surface area contributed by atoms with E-state index >= 15 is 0 Å². The van der Waals surface area contributed by atoms with E-state index in [9.17, 15) is 9.59 Å². The van der Waals surface area contributed by atoms with Gasteiger partial charge in [-0.1, -0.05) is 6.42 Å². The lowest BCUT2D eigenvalue weighted by molar-refractivity contribution is -0.261. The van der Waals surface area contributed by atoms with Crippen molar-refractivity contribution in [3.63, 3.8) is 0 Å². The van der Waals surface area contributed by atoms with E-state index in [2.05, 4.69) is 0 Å². The number of rotatable bonds is 7. The zero-order valence-electron chi connectivity index (χ0n) is 9.38. The Kier molecular flexibility index (Phi) is 4.42. The van der Waals surface area contributed by atoms with Gasteiger partial charge in [0.15, 0.2) is 0 Å². The van der Waals surface area contributed by atoms with Crippen molar-refractivity contribution in [2.45, 2.75) is 45.3 Å². The predicted molar refractivity (Wildman–Crippen MR) is 54.5 cm³/mol. The third-order valence-electron chi connectivity index (χ3n) is 2.54. The molecule has 0 bridgehead atoms. The average Bonchev–Trinajstić information content (AvgIpc) is 2.20. The molecule has 1 saturated heterocycles.